The summed E-state index contributed by atoms with van der Waals surface area (Å²) < 4.78 is 10.4. The van der Waals surface area contributed by atoms with Gasteiger partial charge in [-0.15, -0.1) is 0 Å². The van der Waals surface area contributed by atoms with E-state index in [4.69, 9.17) is 21.1 Å². The SMILES string of the molecule is CCCCNC(=O)c1cncc(C(=O)Nc2cc(OC)c(Cl)cc2OC)c1. The third-order valence-electron chi connectivity index (χ3n) is 3.80. The third-order valence-corrected chi connectivity index (χ3v) is 4.10. The Balaban J connectivity index is 2.19. The van der Waals surface area contributed by atoms with Crippen molar-refractivity contribution in [3.8, 4) is 11.5 Å². The zero-order valence-corrected chi connectivity index (χ0v) is 16.2. The van der Waals surface area contributed by atoms with Crippen LogP contribution in [0.2, 0.25) is 5.02 Å². The predicted molar refractivity (Wildman–Crippen MR) is 104 cm³/mol. The molecule has 0 aliphatic carbocycles. The molecular formula is C19H22ClN3O4. The summed E-state index contributed by atoms with van der Waals surface area (Å²) in [5.74, 6) is 0.0789. The van der Waals surface area contributed by atoms with Gasteiger partial charge in [-0.05, 0) is 12.5 Å². The maximum Gasteiger partial charge on any atom is 0.257 e. The van der Waals surface area contributed by atoms with Crippen molar-refractivity contribution in [2.75, 3.05) is 26.1 Å². The van der Waals surface area contributed by atoms with Crippen molar-refractivity contribution < 1.29 is 19.1 Å². The molecule has 0 spiro atoms. The second-order valence-electron chi connectivity index (χ2n) is 5.71. The molecule has 2 rings (SSSR count). The molecule has 0 saturated carbocycles. The summed E-state index contributed by atoms with van der Waals surface area (Å²) in [6, 6.07) is 4.60. The minimum atomic E-state index is -0.437. The second-order valence-corrected chi connectivity index (χ2v) is 6.12. The van der Waals surface area contributed by atoms with E-state index >= 15 is 0 Å². The maximum atomic E-state index is 12.6. The van der Waals surface area contributed by atoms with E-state index in [1.165, 1.54) is 32.7 Å². The summed E-state index contributed by atoms with van der Waals surface area (Å²) in [5, 5.41) is 5.88. The summed E-state index contributed by atoms with van der Waals surface area (Å²) in [6.07, 6.45) is 4.67. The van der Waals surface area contributed by atoms with Crippen LogP contribution in [-0.4, -0.2) is 37.6 Å². The van der Waals surface area contributed by atoms with Gasteiger partial charge in [0, 0.05) is 31.1 Å². The molecule has 2 aromatic rings. The summed E-state index contributed by atoms with van der Waals surface area (Å²) in [4.78, 5) is 28.7. The molecule has 1 heterocycles. The van der Waals surface area contributed by atoms with Crippen molar-refractivity contribution in [1.29, 1.82) is 0 Å². The third kappa shape index (κ3) is 5.34. The number of hydrogen-bond acceptors (Lipinski definition) is 5. The Morgan fingerprint density at radius 3 is 2.33 bits per heavy atom. The lowest BCUT2D eigenvalue weighted by molar-refractivity contribution is 0.0953. The first-order valence-corrected chi connectivity index (χ1v) is 8.84. The van der Waals surface area contributed by atoms with Crippen LogP contribution < -0.4 is 20.1 Å². The molecule has 0 aliphatic rings. The van der Waals surface area contributed by atoms with E-state index in [0.29, 0.717) is 34.3 Å². The van der Waals surface area contributed by atoms with Gasteiger partial charge < -0.3 is 20.1 Å². The Morgan fingerprint density at radius 1 is 1.04 bits per heavy atom. The molecular weight excluding hydrogens is 370 g/mol. The zero-order valence-electron chi connectivity index (χ0n) is 15.5. The number of nitrogens with zero attached hydrogens (tertiary/aromatic N) is 1. The van der Waals surface area contributed by atoms with E-state index in [0.717, 1.165) is 12.8 Å². The summed E-state index contributed by atoms with van der Waals surface area (Å²) in [6.45, 7) is 2.62. The van der Waals surface area contributed by atoms with E-state index in [9.17, 15) is 9.59 Å². The molecule has 0 atom stereocenters. The number of benzene rings is 1. The van der Waals surface area contributed by atoms with Gasteiger partial charge in [-0.1, -0.05) is 24.9 Å². The number of unbranched alkanes of at least 4 members (excludes halogenated alkanes) is 1. The highest BCUT2D eigenvalue weighted by molar-refractivity contribution is 6.32. The van der Waals surface area contributed by atoms with Crippen LogP contribution in [0, 0.1) is 0 Å². The number of pyridine rings is 1. The molecule has 2 N–H and O–H groups in total. The summed E-state index contributed by atoms with van der Waals surface area (Å²) in [5.41, 5.74) is 0.954. The number of carbonyl (C=O) groups is 2. The monoisotopic (exact) mass is 391 g/mol. The van der Waals surface area contributed by atoms with Crippen LogP contribution in [-0.2, 0) is 0 Å². The van der Waals surface area contributed by atoms with Crippen molar-refractivity contribution in [1.82, 2.24) is 10.3 Å². The van der Waals surface area contributed by atoms with Crippen LogP contribution in [0.4, 0.5) is 5.69 Å². The molecule has 8 heteroatoms. The number of anilines is 1. The Hall–Kier alpha value is -2.80. The highest BCUT2D eigenvalue weighted by Crippen LogP contribution is 2.36. The largest absolute Gasteiger partial charge is 0.495 e. The lowest BCUT2D eigenvalue weighted by atomic mass is 10.1. The van der Waals surface area contributed by atoms with Crippen molar-refractivity contribution in [2.45, 2.75) is 19.8 Å². The number of aromatic nitrogens is 1. The Bertz CT molecular complexity index is 827. The minimum Gasteiger partial charge on any atom is -0.495 e. The number of amides is 2. The number of rotatable bonds is 8. The Kier molecular flexibility index (Phi) is 7.43. The van der Waals surface area contributed by atoms with Gasteiger partial charge in [-0.2, -0.15) is 0 Å². The van der Waals surface area contributed by atoms with Gasteiger partial charge in [0.25, 0.3) is 11.8 Å². The molecule has 27 heavy (non-hydrogen) atoms. The maximum absolute atomic E-state index is 12.6. The average Bonchev–Trinajstić information content (AvgIpc) is 2.69. The van der Waals surface area contributed by atoms with Gasteiger partial charge in [-0.25, -0.2) is 0 Å². The number of carbonyl (C=O) groups excluding carboxylic acids is 2. The topological polar surface area (TPSA) is 89.6 Å². The van der Waals surface area contributed by atoms with Crippen molar-refractivity contribution in [3.63, 3.8) is 0 Å². The van der Waals surface area contributed by atoms with E-state index in [1.54, 1.807) is 12.1 Å². The van der Waals surface area contributed by atoms with Crippen molar-refractivity contribution in [3.05, 3.63) is 46.7 Å². The molecule has 1 aromatic heterocycles. The summed E-state index contributed by atoms with van der Waals surface area (Å²) >= 11 is 6.07. The molecule has 144 valence electrons. The quantitative estimate of drug-likeness (QED) is 0.672. The second kappa shape index (κ2) is 9.78. The molecule has 0 radical (unpaired) electrons. The first kappa shape index (κ1) is 20.5. The Morgan fingerprint density at radius 2 is 1.70 bits per heavy atom. The van der Waals surface area contributed by atoms with Crippen LogP contribution in [0.1, 0.15) is 40.5 Å². The lowest BCUT2D eigenvalue weighted by Gasteiger charge is -2.13. The molecule has 0 aliphatic heterocycles. The molecule has 0 saturated heterocycles. The number of ether oxygens (including phenoxy) is 2. The average molecular weight is 392 g/mol. The summed E-state index contributed by atoms with van der Waals surface area (Å²) in [7, 11) is 2.94. The predicted octanol–water partition coefficient (Wildman–Crippen LogP) is 3.53. The van der Waals surface area contributed by atoms with Crippen LogP contribution in [0.25, 0.3) is 0 Å². The first-order valence-electron chi connectivity index (χ1n) is 8.46. The highest BCUT2D eigenvalue weighted by atomic mass is 35.5. The number of methoxy groups -OCH3 is 2. The van der Waals surface area contributed by atoms with E-state index in [1.807, 2.05) is 6.92 Å². The van der Waals surface area contributed by atoms with Crippen molar-refractivity contribution >= 4 is 29.1 Å². The smallest absolute Gasteiger partial charge is 0.257 e. The fourth-order valence-corrected chi connectivity index (χ4v) is 2.55. The molecule has 0 bridgehead atoms. The normalized spacial score (nSPS) is 10.2. The van der Waals surface area contributed by atoms with Gasteiger partial charge in [0.2, 0.25) is 0 Å². The minimum absolute atomic E-state index is 0.245. The number of hydrogen-bond donors (Lipinski definition) is 2. The van der Waals surface area contributed by atoms with E-state index in [2.05, 4.69) is 15.6 Å². The van der Waals surface area contributed by atoms with Crippen LogP contribution >= 0.6 is 11.6 Å². The highest BCUT2D eigenvalue weighted by Gasteiger charge is 2.15. The number of nitrogens with one attached hydrogen (secondary N) is 2. The van der Waals surface area contributed by atoms with Gasteiger partial charge in [0.1, 0.15) is 11.5 Å². The Labute approximate surface area is 163 Å². The van der Waals surface area contributed by atoms with E-state index < -0.39 is 5.91 Å². The molecule has 2 amide bonds. The van der Waals surface area contributed by atoms with E-state index in [-0.39, 0.29) is 11.5 Å². The molecule has 1 aromatic carbocycles. The standard InChI is InChI=1S/C19H22ClN3O4/c1-4-5-6-22-18(24)12-7-13(11-21-10-12)19(25)23-15-9-16(26-2)14(20)8-17(15)27-3/h7-11H,4-6H2,1-3H3,(H,22,24)(H,23,25). The van der Waals surface area contributed by atoms with Crippen LogP contribution in [0.3, 0.4) is 0 Å². The van der Waals surface area contributed by atoms with Crippen LogP contribution in [0.5, 0.6) is 11.5 Å². The molecule has 0 fully saturated rings. The van der Waals surface area contributed by atoms with Gasteiger partial charge in [0.15, 0.2) is 0 Å². The van der Waals surface area contributed by atoms with Gasteiger partial charge in [0.05, 0.1) is 36.1 Å². The lowest BCUT2D eigenvalue weighted by Crippen LogP contribution is -2.25. The van der Waals surface area contributed by atoms with Crippen LogP contribution in [0.15, 0.2) is 30.6 Å². The molecule has 7 nitrogen and oxygen atoms in total. The fraction of sp³-hybridized carbons (Fsp3) is 0.316. The first-order chi connectivity index (χ1) is 13.0. The van der Waals surface area contributed by atoms with Gasteiger partial charge in [-0.3, -0.25) is 14.6 Å². The zero-order chi connectivity index (χ0) is 19.8. The van der Waals surface area contributed by atoms with Gasteiger partial charge >= 0.3 is 0 Å². The molecule has 0 unspecified atom stereocenters. The fourth-order valence-electron chi connectivity index (χ4n) is 2.32. The number of halogens is 1. The van der Waals surface area contributed by atoms with Crippen molar-refractivity contribution in [2.24, 2.45) is 0 Å².